The van der Waals surface area contributed by atoms with Crippen LogP contribution in [0.4, 0.5) is 0 Å². The SMILES string of the molecule is N=CC1CCOc2ccccc2C1=N. The highest BCUT2D eigenvalue weighted by Crippen LogP contribution is 2.25. The van der Waals surface area contributed by atoms with Gasteiger partial charge in [0.1, 0.15) is 5.75 Å². The van der Waals surface area contributed by atoms with Gasteiger partial charge in [-0.15, -0.1) is 0 Å². The molecule has 0 aromatic heterocycles. The molecule has 0 spiro atoms. The number of para-hydroxylation sites is 1. The molecule has 0 fully saturated rings. The summed E-state index contributed by atoms with van der Waals surface area (Å²) in [5, 5.41) is 15.2. The zero-order valence-corrected chi connectivity index (χ0v) is 7.79. The molecule has 14 heavy (non-hydrogen) atoms. The van der Waals surface area contributed by atoms with Crippen LogP contribution in [0.3, 0.4) is 0 Å². The fraction of sp³-hybridized carbons (Fsp3) is 0.273. The Morgan fingerprint density at radius 3 is 2.93 bits per heavy atom. The van der Waals surface area contributed by atoms with Gasteiger partial charge < -0.3 is 15.6 Å². The van der Waals surface area contributed by atoms with E-state index in [1.165, 1.54) is 6.21 Å². The van der Waals surface area contributed by atoms with Crippen molar-refractivity contribution < 1.29 is 4.74 Å². The molecule has 1 unspecified atom stereocenters. The molecule has 2 N–H and O–H groups in total. The normalized spacial score (nSPS) is 20.6. The van der Waals surface area contributed by atoms with E-state index in [1.54, 1.807) is 0 Å². The molecular weight excluding hydrogens is 176 g/mol. The largest absolute Gasteiger partial charge is 0.493 e. The second kappa shape index (κ2) is 3.62. The molecule has 0 saturated heterocycles. The van der Waals surface area contributed by atoms with Crippen LogP contribution in [0.5, 0.6) is 5.75 Å². The highest BCUT2D eigenvalue weighted by Gasteiger charge is 2.20. The van der Waals surface area contributed by atoms with Gasteiger partial charge in [-0.2, -0.15) is 0 Å². The zero-order chi connectivity index (χ0) is 9.97. The molecule has 72 valence electrons. The Balaban J connectivity index is 2.44. The fourth-order valence-corrected chi connectivity index (χ4v) is 1.62. The molecule has 0 aliphatic carbocycles. The minimum absolute atomic E-state index is 0.0985. The summed E-state index contributed by atoms with van der Waals surface area (Å²) in [5.74, 6) is 0.667. The molecule has 3 nitrogen and oxygen atoms in total. The quantitative estimate of drug-likeness (QED) is 0.651. The van der Waals surface area contributed by atoms with Crippen LogP contribution in [0.25, 0.3) is 0 Å². The fourth-order valence-electron chi connectivity index (χ4n) is 1.62. The van der Waals surface area contributed by atoms with Crippen molar-refractivity contribution in [1.82, 2.24) is 0 Å². The maximum Gasteiger partial charge on any atom is 0.128 e. The third-order valence-corrected chi connectivity index (χ3v) is 2.44. The first-order valence-electron chi connectivity index (χ1n) is 4.64. The van der Waals surface area contributed by atoms with E-state index in [0.29, 0.717) is 12.3 Å². The third-order valence-electron chi connectivity index (χ3n) is 2.44. The summed E-state index contributed by atoms with van der Waals surface area (Å²) in [4.78, 5) is 0. The second-order valence-corrected chi connectivity index (χ2v) is 3.32. The maximum atomic E-state index is 7.94. The molecule has 0 radical (unpaired) electrons. The van der Waals surface area contributed by atoms with Gasteiger partial charge >= 0.3 is 0 Å². The molecular formula is C11H12N2O. The molecule has 0 bridgehead atoms. The summed E-state index contributed by atoms with van der Waals surface area (Å²) in [5.41, 5.74) is 1.31. The lowest BCUT2D eigenvalue weighted by Gasteiger charge is -2.08. The van der Waals surface area contributed by atoms with Crippen LogP contribution in [-0.4, -0.2) is 18.5 Å². The highest BCUT2D eigenvalue weighted by atomic mass is 16.5. The Morgan fingerprint density at radius 1 is 1.36 bits per heavy atom. The van der Waals surface area contributed by atoms with Crippen molar-refractivity contribution in [3.8, 4) is 5.75 Å². The highest BCUT2D eigenvalue weighted by molar-refractivity contribution is 6.09. The Hall–Kier alpha value is -1.64. The summed E-state index contributed by atoms with van der Waals surface area (Å²) in [6, 6.07) is 7.54. The van der Waals surface area contributed by atoms with Gasteiger partial charge in [-0.25, -0.2) is 0 Å². The lowest BCUT2D eigenvalue weighted by Crippen LogP contribution is -2.15. The Morgan fingerprint density at radius 2 is 2.14 bits per heavy atom. The minimum atomic E-state index is -0.0985. The number of rotatable bonds is 1. The van der Waals surface area contributed by atoms with Crippen molar-refractivity contribution in [2.24, 2.45) is 5.92 Å². The first kappa shape index (κ1) is 8.94. The van der Waals surface area contributed by atoms with Gasteiger partial charge in [-0.05, 0) is 18.6 Å². The average molecular weight is 188 g/mol. The number of hydrogen-bond donors (Lipinski definition) is 2. The van der Waals surface area contributed by atoms with Gasteiger partial charge in [-0.3, -0.25) is 0 Å². The van der Waals surface area contributed by atoms with Crippen LogP contribution < -0.4 is 4.74 Å². The van der Waals surface area contributed by atoms with Crippen LogP contribution in [0.1, 0.15) is 12.0 Å². The van der Waals surface area contributed by atoms with E-state index in [-0.39, 0.29) is 5.92 Å². The summed E-state index contributed by atoms with van der Waals surface area (Å²) >= 11 is 0. The third kappa shape index (κ3) is 1.41. The van der Waals surface area contributed by atoms with Crippen LogP contribution in [-0.2, 0) is 0 Å². The van der Waals surface area contributed by atoms with E-state index in [1.807, 2.05) is 24.3 Å². The number of hydrogen-bond acceptors (Lipinski definition) is 3. The summed E-state index contributed by atoms with van der Waals surface area (Å²) in [6.45, 7) is 0.583. The van der Waals surface area contributed by atoms with E-state index in [4.69, 9.17) is 15.6 Å². The summed E-state index contributed by atoms with van der Waals surface area (Å²) in [6.07, 6.45) is 2.05. The first-order valence-corrected chi connectivity index (χ1v) is 4.64. The monoisotopic (exact) mass is 188 g/mol. The zero-order valence-electron chi connectivity index (χ0n) is 7.79. The van der Waals surface area contributed by atoms with Crippen LogP contribution in [0, 0.1) is 16.7 Å². The van der Waals surface area contributed by atoms with E-state index in [9.17, 15) is 0 Å². The van der Waals surface area contributed by atoms with Crippen LogP contribution in [0.2, 0.25) is 0 Å². The number of benzene rings is 1. The first-order chi connectivity index (χ1) is 6.83. The second-order valence-electron chi connectivity index (χ2n) is 3.32. The standard InChI is InChI=1S/C11H12N2O/c12-7-8-5-6-14-10-4-2-1-3-9(10)11(8)13/h1-4,7-8,12-13H,5-6H2. The molecule has 2 rings (SSSR count). The van der Waals surface area contributed by atoms with E-state index in [0.717, 1.165) is 17.7 Å². The molecule has 1 atom stereocenters. The van der Waals surface area contributed by atoms with Crippen molar-refractivity contribution in [2.75, 3.05) is 6.61 Å². The van der Waals surface area contributed by atoms with E-state index >= 15 is 0 Å². The Bertz CT molecular complexity index is 373. The van der Waals surface area contributed by atoms with E-state index in [2.05, 4.69) is 0 Å². The lowest BCUT2D eigenvalue weighted by molar-refractivity contribution is 0.312. The number of fused-ring (bicyclic) bond motifs is 1. The summed E-state index contributed by atoms with van der Waals surface area (Å²) in [7, 11) is 0. The summed E-state index contributed by atoms with van der Waals surface area (Å²) < 4.78 is 5.51. The molecule has 0 amide bonds. The molecule has 1 aromatic rings. The molecule has 0 saturated carbocycles. The Labute approximate surface area is 82.7 Å². The maximum absolute atomic E-state index is 7.94. The molecule has 1 aromatic carbocycles. The molecule has 1 aliphatic rings. The van der Waals surface area contributed by atoms with Gasteiger partial charge in [0.15, 0.2) is 0 Å². The predicted octanol–water partition coefficient (Wildman–Crippen LogP) is 2.10. The Kier molecular flexibility index (Phi) is 2.31. The van der Waals surface area contributed by atoms with Gasteiger partial charge in [-0.1, -0.05) is 12.1 Å². The number of nitrogens with one attached hydrogen (secondary N) is 2. The van der Waals surface area contributed by atoms with Gasteiger partial charge in [0.25, 0.3) is 0 Å². The van der Waals surface area contributed by atoms with E-state index < -0.39 is 0 Å². The molecule has 3 heteroatoms. The van der Waals surface area contributed by atoms with Gasteiger partial charge in [0.2, 0.25) is 0 Å². The lowest BCUT2D eigenvalue weighted by atomic mass is 9.96. The minimum Gasteiger partial charge on any atom is -0.493 e. The average Bonchev–Trinajstić information content (AvgIpc) is 2.39. The molecule has 1 aliphatic heterocycles. The smallest absolute Gasteiger partial charge is 0.128 e. The van der Waals surface area contributed by atoms with Gasteiger partial charge in [0, 0.05) is 17.7 Å². The van der Waals surface area contributed by atoms with Crippen molar-refractivity contribution in [3.05, 3.63) is 29.8 Å². The topological polar surface area (TPSA) is 56.9 Å². The predicted molar refractivity (Wildman–Crippen MR) is 55.7 cm³/mol. The molecule has 1 heterocycles. The van der Waals surface area contributed by atoms with Gasteiger partial charge in [0.05, 0.1) is 12.3 Å². The van der Waals surface area contributed by atoms with Crippen LogP contribution in [0.15, 0.2) is 24.3 Å². The number of ether oxygens (including phenoxy) is 1. The van der Waals surface area contributed by atoms with Crippen molar-refractivity contribution in [1.29, 1.82) is 10.8 Å². The van der Waals surface area contributed by atoms with Crippen molar-refractivity contribution in [2.45, 2.75) is 6.42 Å². The van der Waals surface area contributed by atoms with Crippen molar-refractivity contribution >= 4 is 11.9 Å². The van der Waals surface area contributed by atoms with Crippen molar-refractivity contribution in [3.63, 3.8) is 0 Å². The van der Waals surface area contributed by atoms with Crippen LogP contribution >= 0.6 is 0 Å².